The van der Waals surface area contributed by atoms with Gasteiger partial charge in [0.25, 0.3) is 0 Å². The molecule has 4 nitrogen and oxygen atoms in total. The summed E-state index contributed by atoms with van der Waals surface area (Å²) in [6, 6.07) is 28.2. The highest BCUT2D eigenvalue weighted by Crippen LogP contribution is 2.24. The number of pyridine rings is 1. The van der Waals surface area contributed by atoms with Gasteiger partial charge < -0.3 is 9.62 Å². The molecule has 0 unspecified atom stereocenters. The van der Waals surface area contributed by atoms with Gasteiger partial charge in [-0.3, -0.25) is 4.98 Å². The first-order chi connectivity index (χ1) is 14.8. The average molecular weight is 392 g/mol. The van der Waals surface area contributed by atoms with Crippen LogP contribution >= 0.6 is 0 Å². The molecule has 0 aliphatic carbocycles. The third-order valence-electron chi connectivity index (χ3n) is 5.35. The molecule has 5 rings (SSSR count). The fourth-order valence-corrected chi connectivity index (χ4v) is 3.73. The maximum Gasteiger partial charge on any atom is 0.155 e. The predicted molar refractivity (Wildman–Crippen MR) is 118 cm³/mol. The van der Waals surface area contributed by atoms with Crippen LogP contribution in [0.3, 0.4) is 0 Å². The predicted octanol–water partition coefficient (Wildman–Crippen LogP) is 5.72. The van der Waals surface area contributed by atoms with E-state index in [1.165, 1.54) is 11.1 Å². The SMILES string of the molecule is ON=c1cc(-c2cc3ccccc3cn2)oc2cc(CCc3ccccc3)ccc12. The zero-order valence-electron chi connectivity index (χ0n) is 16.3. The molecule has 0 amide bonds. The molecule has 0 saturated carbocycles. The summed E-state index contributed by atoms with van der Waals surface area (Å²) in [7, 11) is 0. The highest BCUT2D eigenvalue weighted by atomic mass is 16.4. The molecule has 0 spiro atoms. The maximum absolute atomic E-state index is 9.56. The number of nitrogens with zero attached hydrogens (tertiary/aromatic N) is 2. The van der Waals surface area contributed by atoms with Crippen LogP contribution in [-0.4, -0.2) is 10.2 Å². The van der Waals surface area contributed by atoms with E-state index < -0.39 is 0 Å². The highest BCUT2D eigenvalue weighted by Gasteiger charge is 2.09. The van der Waals surface area contributed by atoms with Gasteiger partial charge in [0, 0.05) is 23.0 Å². The third-order valence-corrected chi connectivity index (χ3v) is 5.35. The van der Waals surface area contributed by atoms with Gasteiger partial charge in [-0.2, -0.15) is 0 Å². The van der Waals surface area contributed by atoms with Crippen molar-refractivity contribution in [3.63, 3.8) is 0 Å². The minimum Gasteiger partial charge on any atom is -0.454 e. The molecular formula is C26H20N2O2. The fourth-order valence-electron chi connectivity index (χ4n) is 3.73. The average Bonchev–Trinajstić information content (AvgIpc) is 2.82. The van der Waals surface area contributed by atoms with Gasteiger partial charge in [0.2, 0.25) is 0 Å². The number of aryl methyl sites for hydroxylation is 2. The van der Waals surface area contributed by atoms with Crippen LogP contribution in [0.4, 0.5) is 0 Å². The van der Waals surface area contributed by atoms with E-state index in [0.717, 1.165) is 29.0 Å². The summed E-state index contributed by atoms with van der Waals surface area (Å²) >= 11 is 0. The van der Waals surface area contributed by atoms with Crippen LogP contribution in [0.2, 0.25) is 0 Å². The molecule has 146 valence electrons. The summed E-state index contributed by atoms with van der Waals surface area (Å²) in [6.45, 7) is 0. The molecule has 3 aromatic carbocycles. The molecule has 0 saturated heterocycles. The Kier molecular flexibility index (Phi) is 4.74. The number of fused-ring (bicyclic) bond motifs is 2. The van der Waals surface area contributed by atoms with Gasteiger partial charge in [-0.15, -0.1) is 0 Å². The van der Waals surface area contributed by atoms with Gasteiger partial charge in [0.05, 0.1) is 0 Å². The zero-order chi connectivity index (χ0) is 20.3. The van der Waals surface area contributed by atoms with Gasteiger partial charge >= 0.3 is 0 Å². The Labute approximate surface area is 173 Å². The lowest BCUT2D eigenvalue weighted by molar-refractivity contribution is 0.302. The first-order valence-electron chi connectivity index (χ1n) is 9.94. The van der Waals surface area contributed by atoms with Crippen LogP contribution < -0.4 is 5.36 Å². The fraction of sp³-hybridized carbons (Fsp3) is 0.0769. The summed E-state index contributed by atoms with van der Waals surface area (Å²) in [4.78, 5) is 4.54. The van der Waals surface area contributed by atoms with E-state index in [1.54, 1.807) is 6.07 Å². The molecule has 0 atom stereocenters. The third kappa shape index (κ3) is 3.55. The first-order valence-corrected chi connectivity index (χ1v) is 9.94. The van der Waals surface area contributed by atoms with Crippen LogP contribution in [0.5, 0.6) is 0 Å². The second kappa shape index (κ2) is 7.84. The van der Waals surface area contributed by atoms with Crippen molar-refractivity contribution < 1.29 is 9.62 Å². The summed E-state index contributed by atoms with van der Waals surface area (Å²) in [5.41, 5.74) is 3.85. The molecule has 0 aliphatic rings. The van der Waals surface area contributed by atoms with Gasteiger partial charge in [-0.25, -0.2) is 0 Å². The van der Waals surface area contributed by atoms with E-state index in [0.29, 0.717) is 22.4 Å². The summed E-state index contributed by atoms with van der Waals surface area (Å²) in [6.07, 6.45) is 3.69. The molecule has 0 radical (unpaired) electrons. The van der Waals surface area contributed by atoms with Crippen molar-refractivity contribution in [2.24, 2.45) is 5.16 Å². The number of benzene rings is 3. The van der Waals surface area contributed by atoms with Crippen LogP contribution in [0, 0.1) is 0 Å². The topological polar surface area (TPSA) is 58.6 Å². The van der Waals surface area contributed by atoms with E-state index in [-0.39, 0.29) is 0 Å². The Bertz CT molecular complexity index is 1410. The molecule has 0 aliphatic heterocycles. The molecule has 2 aromatic heterocycles. The van der Waals surface area contributed by atoms with Crippen LogP contribution in [0.15, 0.2) is 101 Å². The molecule has 30 heavy (non-hydrogen) atoms. The molecule has 5 aromatic rings. The molecule has 0 bridgehead atoms. The van der Waals surface area contributed by atoms with Crippen LogP contribution in [0.25, 0.3) is 33.2 Å². The van der Waals surface area contributed by atoms with E-state index in [4.69, 9.17) is 4.42 Å². The van der Waals surface area contributed by atoms with Crippen LogP contribution in [0.1, 0.15) is 11.1 Å². The Morgan fingerprint density at radius 1 is 0.767 bits per heavy atom. The van der Waals surface area contributed by atoms with Crippen molar-refractivity contribution >= 4 is 21.7 Å². The monoisotopic (exact) mass is 392 g/mol. The second-order valence-electron chi connectivity index (χ2n) is 7.33. The summed E-state index contributed by atoms with van der Waals surface area (Å²) < 4.78 is 6.20. The van der Waals surface area contributed by atoms with E-state index >= 15 is 0 Å². The zero-order valence-corrected chi connectivity index (χ0v) is 16.3. The summed E-state index contributed by atoms with van der Waals surface area (Å²) in [5.74, 6) is 0.571. The number of aromatic nitrogens is 1. The largest absolute Gasteiger partial charge is 0.454 e. The van der Waals surface area contributed by atoms with Crippen molar-refractivity contribution in [2.75, 3.05) is 0 Å². The molecular weight excluding hydrogens is 372 g/mol. The standard InChI is InChI=1S/C26H20N2O2/c29-28-23-16-26(24-15-20-8-4-5-9-21(20)17-27-24)30-25-14-19(12-13-22(23)25)11-10-18-6-2-1-3-7-18/h1-9,12-17,29H,10-11H2. The molecule has 0 fully saturated rings. The Morgan fingerprint density at radius 2 is 1.53 bits per heavy atom. The lowest BCUT2D eigenvalue weighted by Gasteiger charge is -2.07. The van der Waals surface area contributed by atoms with Gasteiger partial charge in [-0.05, 0) is 47.6 Å². The van der Waals surface area contributed by atoms with E-state index in [1.807, 2.05) is 54.7 Å². The quantitative estimate of drug-likeness (QED) is 0.314. The van der Waals surface area contributed by atoms with Gasteiger partial charge in [0.1, 0.15) is 16.6 Å². The van der Waals surface area contributed by atoms with Crippen LogP contribution in [-0.2, 0) is 12.8 Å². The molecule has 2 heterocycles. The Morgan fingerprint density at radius 3 is 2.37 bits per heavy atom. The van der Waals surface area contributed by atoms with E-state index in [9.17, 15) is 5.21 Å². The van der Waals surface area contributed by atoms with Gasteiger partial charge in [-0.1, -0.05) is 65.8 Å². The number of rotatable bonds is 4. The van der Waals surface area contributed by atoms with E-state index in [2.05, 4.69) is 40.5 Å². The first kappa shape index (κ1) is 18.1. The van der Waals surface area contributed by atoms with Crippen molar-refractivity contribution in [3.8, 4) is 11.5 Å². The highest BCUT2D eigenvalue weighted by molar-refractivity contribution is 5.85. The number of hydrogen-bond acceptors (Lipinski definition) is 4. The van der Waals surface area contributed by atoms with Crippen molar-refractivity contribution in [1.29, 1.82) is 0 Å². The minimum absolute atomic E-state index is 0.468. The van der Waals surface area contributed by atoms with Crippen molar-refractivity contribution in [2.45, 2.75) is 12.8 Å². The minimum atomic E-state index is 0.468. The summed E-state index contributed by atoms with van der Waals surface area (Å²) in [5, 5.41) is 16.4. The second-order valence-corrected chi connectivity index (χ2v) is 7.33. The normalized spacial score (nSPS) is 11.9. The van der Waals surface area contributed by atoms with Crippen molar-refractivity contribution in [3.05, 3.63) is 108 Å². The Balaban J connectivity index is 1.55. The lowest BCUT2D eigenvalue weighted by atomic mass is 10.0. The smallest absolute Gasteiger partial charge is 0.155 e. The molecule has 1 N–H and O–H groups in total. The van der Waals surface area contributed by atoms with Crippen molar-refractivity contribution in [1.82, 2.24) is 4.98 Å². The van der Waals surface area contributed by atoms with Gasteiger partial charge in [0.15, 0.2) is 5.76 Å². The lowest BCUT2D eigenvalue weighted by Crippen LogP contribution is -2.04. The molecule has 4 heteroatoms. The Hall–Kier alpha value is -3.92. The maximum atomic E-state index is 9.56. The number of hydrogen-bond donors (Lipinski definition) is 1.